The number of imide groups is 1. The first-order valence-corrected chi connectivity index (χ1v) is 7.49. The molecule has 1 saturated heterocycles. The number of Topliss-reactive ketones (excluding diaryl/α,β-unsaturated/α-hetero) is 1. The molecule has 0 saturated carbocycles. The maximum atomic E-state index is 11.8. The van der Waals surface area contributed by atoms with E-state index in [0.29, 0.717) is 22.7 Å². The zero-order valence-electron chi connectivity index (χ0n) is 12.8. The molecule has 23 heavy (non-hydrogen) atoms. The molecule has 1 heterocycles. The Morgan fingerprint density at radius 3 is 2.30 bits per heavy atom. The molecule has 1 aliphatic heterocycles. The third kappa shape index (κ3) is 4.38. The molecule has 122 valence electrons. The van der Waals surface area contributed by atoms with E-state index in [0.717, 1.165) is 12.8 Å². The summed E-state index contributed by atoms with van der Waals surface area (Å²) in [6.07, 6.45) is 1.43. The van der Waals surface area contributed by atoms with Crippen molar-refractivity contribution < 1.29 is 24.0 Å². The van der Waals surface area contributed by atoms with E-state index in [4.69, 9.17) is 0 Å². The summed E-state index contributed by atoms with van der Waals surface area (Å²) < 4.78 is 0. The van der Waals surface area contributed by atoms with Crippen molar-refractivity contribution in [2.75, 3.05) is 5.32 Å². The van der Waals surface area contributed by atoms with Crippen molar-refractivity contribution in [3.05, 3.63) is 29.8 Å². The highest BCUT2D eigenvalue weighted by atomic mass is 16.7. The number of carbonyl (C=O) groups is 4. The molecule has 7 nitrogen and oxygen atoms in total. The second-order valence-electron chi connectivity index (χ2n) is 5.19. The summed E-state index contributed by atoms with van der Waals surface area (Å²) in [5, 5.41) is 2.87. The van der Waals surface area contributed by atoms with Crippen LogP contribution in [-0.4, -0.2) is 28.8 Å². The Labute approximate surface area is 133 Å². The van der Waals surface area contributed by atoms with Gasteiger partial charge in [-0.3, -0.25) is 19.7 Å². The summed E-state index contributed by atoms with van der Waals surface area (Å²) >= 11 is 0. The lowest BCUT2D eigenvalue weighted by atomic mass is 10.1. The fraction of sp³-hybridized carbons (Fsp3) is 0.375. The minimum atomic E-state index is -0.932. The molecule has 0 spiro atoms. The number of unbranched alkanes of at least 4 members (excludes halogenated alkanes) is 1. The zero-order chi connectivity index (χ0) is 16.8. The van der Waals surface area contributed by atoms with E-state index in [-0.39, 0.29) is 18.6 Å². The van der Waals surface area contributed by atoms with Gasteiger partial charge in [0.25, 0.3) is 11.8 Å². The van der Waals surface area contributed by atoms with Crippen LogP contribution in [0.25, 0.3) is 0 Å². The Morgan fingerprint density at radius 1 is 1.13 bits per heavy atom. The molecule has 0 atom stereocenters. The van der Waals surface area contributed by atoms with Crippen LogP contribution in [0, 0.1) is 0 Å². The number of rotatable bonds is 6. The largest absolute Gasteiger partial charge is 0.436 e. The van der Waals surface area contributed by atoms with E-state index in [1.807, 2.05) is 6.92 Å². The third-order valence-corrected chi connectivity index (χ3v) is 3.39. The summed E-state index contributed by atoms with van der Waals surface area (Å²) in [6.45, 7) is 2.02. The minimum Gasteiger partial charge on any atom is -0.311 e. The SMILES string of the molecule is CCCCC(=O)c1ccc(NC(=O)ON2C(=O)CCC2=O)cc1. The number of benzene rings is 1. The van der Waals surface area contributed by atoms with Crippen LogP contribution in [0.3, 0.4) is 0 Å². The molecule has 0 unspecified atom stereocenters. The van der Waals surface area contributed by atoms with Gasteiger partial charge in [-0.05, 0) is 30.7 Å². The van der Waals surface area contributed by atoms with E-state index < -0.39 is 17.9 Å². The average molecular weight is 318 g/mol. The van der Waals surface area contributed by atoms with E-state index >= 15 is 0 Å². The number of carbonyl (C=O) groups excluding carboxylic acids is 4. The molecule has 0 aromatic heterocycles. The predicted octanol–water partition coefficient (Wildman–Crippen LogP) is 2.67. The Balaban J connectivity index is 1.90. The number of amides is 3. The number of nitrogens with zero attached hydrogens (tertiary/aromatic N) is 1. The molecule has 0 bridgehead atoms. The average Bonchev–Trinajstić information content (AvgIpc) is 2.85. The second kappa shape index (κ2) is 7.53. The standard InChI is InChI=1S/C16H18N2O5/c1-2-3-4-13(19)11-5-7-12(8-6-11)17-16(22)23-18-14(20)9-10-15(18)21/h5-8H,2-4,9-10H2,1H3,(H,17,22). The van der Waals surface area contributed by atoms with Gasteiger partial charge in [0.05, 0.1) is 0 Å². The molecule has 1 aliphatic rings. The summed E-state index contributed by atoms with van der Waals surface area (Å²) in [4.78, 5) is 50.9. The molecular formula is C16H18N2O5. The highest BCUT2D eigenvalue weighted by Gasteiger charge is 2.32. The maximum Gasteiger partial charge on any atom is 0.436 e. The molecule has 7 heteroatoms. The Kier molecular flexibility index (Phi) is 5.46. The maximum absolute atomic E-state index is 11.8. The van der Waals surface area contributed by atoms with E-state index in [9.17, 15) is 19.2 Å². The van der Waals surface area contributed by atoms with Gasteiger partial charge in [-0.25, -0.2) is 4.79 Å². The van der Waals surface area contributed by atoms with Crippen LogP contribution in [0.15, 0.2) is 24.3 Å². The van der Waals surface area contributed by atoms with Crippen LogP contribution in [0.1, 0.15) is 49.4 Å². The number of anilines is 1. The van der Waals surface area contributed by atoms with Gasteiger partial charge in [0.15, 0.2) is 5.78 Å². The smallest absolute Gasteiger partial charge is 0.311 e. The van der Waals surface area contributed by atoms with Gasteiger partial charge < -0.3 is 4.84 Å². The molecular weight excluding hydrogens is 300 g/mol. The fourth-order valence-electron chi connectivity index (χ4n) is 2.10. The van der Waals surface area contributed by atoms with Crippen LogP contribution in [0.4, 0.5) is 10.5 Å². The van der Waals surface area contributed by atoms with Crippen LogP contribution < -0.4 is 5.32 Å². The van der Waals surface area contributed by atoms with E-state index in [2.05, 4.69) is 10.2 Å². The molecule has 3 amide bonds. The quantitative estimate of drug-likeness (QED) is 0.643. The first-order chi connectivity index (χ1) is 11.0. The first-order valence-electron chi connectivity index (χ1n) is 7.49. The van der Waals surface area contributed by atoms with Gasteiger partial charge in [-0.1, -0.05) is 13.3 Å². The van der Waals surface area contributed by atoms with Crippen LogP contribution in [-0.2, 0) is 14.4 Å². The van der Waals surface area contributed by atoms with Gasteiger partial charge in [0.2, 0.25) is 0 Å². The van der Waals surface area contributed by atoms with Crippen molar-refractivity contribution in [3.8, 4) is 0 Å². The van der Waals surface area contributed by atoms with Crippen molar-refractivity contribution >= 4 is 29.4 Å². The number of nitrogens with one attached hydrogen (secondary N) is 1. The Bertz CT molecular complexity index is 608. The zero-order valence-corrected chi connectivity index (χ0v) is 12.8. The van der Waals surface area contributed by atoms with Gasteiger partial charge >= 0.3 is 6.09 Å². The molecule has 1 fully saturated rings. The molecule has 1 aromatic rings. The van der Waals surface area contributed by atoms with Crippen molar-refractivity contribution in [2.24, 2.45) is 0 Å². The van der Waals surface area contributed by atoms with Crippen molar-refractivity contribution in [3.63, 3.8) is 0 Å². The van der Waals surface area contributed by atoms with E-state index in [1.54, 1.807) is 24.3 Å². The normalized spacial score (nSPS) is 14.0. The predicted molar refractivity (Wildman–Crippen MR) is 81.5 cm³/mol. The number of ketones is 1. The van der Waals surface area contributed by atoms with E-state index in [1.165, 1.54) is 0 Å². The van der Waals surface area contributed by atoms with Crippen molar-refractivity contribution in [1.82, 2.24) is 5.06 Å². The summed E-state index contributed by atoms with van der Waals surface area (Å²) in [5.74, 6) is -1.03. The molecule has 1 N–H and O–H groups in total. The monoisotopic (exact) mass is 318 g/mol. The van der Waals surface area contributed by atoms with Gasteiger partial charge in [0.1, 0.15) is 0 Å². The third-order valence-electron chi connectivity index (χ3n) is 3.39. The summed E-state index contributed by atoms with van der Waals surface area (Å²) in [7, 11) is 0. The lowest BCUT2D eigenvalue weighted by Gasteiger charge is -2.13. The Hall–Kier alpha value is -2.70. The van der Waals surface area contributed by atoms with Crippen molar-refractivity contribution in [1.29, 1.82) is 0 Å². The lowest BCUT2D eigenvalue weighted by molar-refractivity contribution is -0.170. The molecule has 0 aliphatic carbocycles. The molecule has 1 aromatic carbocycles. The summed E-state index contributed by atoms with van der Waals surface area (Å²) in [5.41, 5.74) is 0.975. The highest BCUT2D eigenvalue weighted by Crippen LogP contribution is 2.15. The summed E-state index contributed by atoms with van der Waals surface area (Å²) in [6, 6.07) is 6.35. The highest BCUT2D eigenvalue weighted by molar-refractivity contribution is 6.02. The first kappa shape index (κ1) is 16.7. The van der Waals surface area contributed by atoms with Crippen LogP contribution in [0.2, 0.25) is 0 Å². The Morgan fingerprint density at radius 2 is 1.74 bits per heavy atom. The minimum absolute atomic E-state index is 0.0423. The van der Waals surface area contributed by atoms with Gasteiger partial charge in [0, 0.05) is 30.5 Å². The van der Waals surface area contributed by atoms with Gasteiger partial charge in [-0.2, -0.15) is 0 Å². The molecule has 0 radical (unpaired) electrons. The second-order valence-corrected chi connectivity index (χ2v) is 5.19. The van der Waals surface area contributed by atoms with Crippen LogP contribution in [0.5, 0.6) is 0 Å². The van der Waals surface area contributed by atoms with Crippen molar-refractivity contribution in [2.45, 2.75) is 39.0 Å². The lowest BCUT2D eigenvalue weighted by Crippen LogP contribution is -2.33. The number of hydrogen-bond acceptors (Lipinski definition) is 5. The number of hydroxylamine groups is 2. The number of hydrogen-bond donors (Lipinski definition) is 1. The topological polar surface area (TPSA) is 92.8 Å². The van der Waals surface area contributed by atoms with Crippen LogP contribution >= 0.6 is 0 Å². The van der Waals surface area contributed by atoms with Gasteiger partial charge in [-0.15, -0.1) is 5.06 Å². The molecule has 2 rings (SSSR count). The fourth-order valence-corrected chi connectivity index (χ4v) is 2.10.